The first-order chi connectivity index (χ1) is 12.5. The van der Waals surface area contributed by atoms with Gasteiger partial charge in [0.05, 0.1) is 12.9 Å². The smallest absolute Gasteiger partial charge is 0.408 e. The monoisotopic (exact) mass is 401 g/mol. The minimum Gasteiger partial charge on any atom is -0.458 e. The lowest BCUT2D eigenvalue weighted by Gasteiger charge is -2.24. The third-order valence-electron chi connectivity index (χ3n) is 3.13. The molecule has 1 rings (SSSR count). The van der Waals surface area contributed by atoms with Gasteiger partial charge in [0.25, 0.3) is 10.1 Å². The Morgan fingerprint density at radius 2 is 1.78 bits per heavy atom. The van der Waals surface area contributed by atoms with Crippen molar-refractivity contribution < 1.29 is 31.7 Å². The van der Waals surface area contributed by atoms with Gasteiger partial charge in [-0.1, -0.05) is 30.3 Å². The topological polar surface area (TPSA) is 108 Å². The molecular formula is C18H27NO7S. The standard InChI is InChI=1S/C18H27NO7S/c1-18(2,3)26-16(20)15(11-8-12-25-27(4,22)23)19-17(21)24-13-14-9-6-5-7-10-14/h5-7,9-10,15H,8,11-13H2,1-4H3,(H,19,21). The third kappa shape index (κ3) is 11.2. The van der Waals surface area contributed by atoms with Crippen LogP contribution in [0.15, 0.2) is 30.3 Å². The fraction of sp³-hybridized carbons (Fsp3) is 0.556. The highest BCUT2D eigenvalue weighted by Gasteiger charge is 2.27. The quantitative estimate of drug-likeness (QED) is 0.384. The van der Waals surface area contributed by atoms with Gasteiger partial charge in [-0.25, -0.2) is 9.59 Å². The van der Waals surface area contributed by atoms with Gasteiger partial charge >= 0.3 is 12.1 Å². The van der Waals surface area contributed by atoms with Gasteiger partial charge in [0.2, 0.25) is 0 Å². The fourth-order valence-electron chi connectivity index (χ4n) is 2.03. The molecule has 1 amide bonds. The number of carbonyl (C=O) groups is 2. The molecule has 152 valence electrons. The van der Waals surface area contributed by atoms with Gasteiger partial charge in [-0.15, -0.1) is 0 Å². The summed E-state index contributed by atoms with van der Waals surface area (Å²) in [6.07, 6.45) is 0.553. The summed E-state index contributed by atoms with van der Waals surface area (Å²) >= 11 is 0. The number of carbonyl (C=O) groups excluding carboxylic acids is 2. The maximum absolute atomic E-state index is 12.3. The number of benzene rings is 1. The molecule has 1 N–H and O–H groups in total. The van der Waals surface area contributed by atoms with Crippen molar-refractivity contribution >= 4 is 22.2 Å². The lowest BCUT2D eigenvalue weighted by Crippen LogP contribution is -2.44. The summed E-state index contributed by atoms with van der Waals surface area (Å²) < 4.78 is 37.0. The Morgan fingerprint density at radius 3 is 2.33 bits per heavy atom. The number of alkyl carbamates (subject to hydrolysis) is 1. The van der Waals surface area contributed by atoms with E-state index in [4.69, 9.17) is 9.47 Å². The van der Waals surface area contributed by atoms with Crippen molar-refractivity contribution in [1.82, 2.24) is 5.32 Å². The second-order valence-corrected chi connectivity index (χ2v) is 8.60. The molecular weight excluding hydrogens is 374 g/mol. The Balaban J connectivity index is 2.60. The molecule has 27 heavy (non-hydrogen) atoms. The Morgan fingerprint density at radius 1 is 1.15 bits per heavy atom. The first kappa shape index (κ1) is 22.9. The molecule has 0 bridgehead atoms. The average Bonchev–Trinajstić information content (AvgIpc) is 2.54. The van der Waals surface area contributed by atoms with Gasteiger partial charge in [-0.2, -0.15) is 8.42 Å². The molecule has 9 heteroatoms. The second kappa shape index (κ2) is 10.3. The molecule has 1 atom stereocenters. The summed E-state index contributed by atoms with van der Waals surface area (Å²) in [5, 5.41) is 2.47. The molecule has 1 aromatic rings. The summed E-state index contributed by atoms with van der Waals surface area (Å²) in [6.45, 7) is 5.09. The second-order valence-electron chi connectivity index (χ2n) is 6.96. The normalized spacial score (nSPS) is 12.9. The number of rotatable bonds is 9. The largest absolute Gasteiger partial charge is 0.458 e. The first-order valence-corrected chi connectivity index (χ1v) is 10.3. The van der Waals surface area contributed by atoms with Crippen molar-refractivity contribution in [3.05, 3.63) is 35.9 Å². The Bertz CT molecular complexity index is 711. The summed E-state index contributed by atoms with van der Waals surface area (Å²) in [6, 6.07) is 8.13. The van der Waals surface area contributed by atoms with Crippen LogP contribution in [0.25, 0.3) is 0 Å². The summed E-state index contributed by atoms with van der Waals surface area (Å²) in [4.78, 5) is 24.3. The molecule has 0 aliphatic carbocycles. The van der Waals surface area contributed by atoms with Crippen LogP contribution in [-0.2, 0) is 35.2 Å². The molecule has 0 spiro atoms. The van der Waals surface area contributed by atoms with E-state index in [1.54, 1.807) is 32.9 Å². The maximum Gasteiger partial charge on any atom is 0.408 e. The predicted octanol–water partition coefficient (Wildman–Crippen LogP) is 2.38. The molecule has 0 radical (unpaired) electrons. The molecule has 0 aliphatic rings. The summed E-state index contributed by atoms with van der Waals surface area (Å²) in [7, 11) is -3.56. The van der Waals surface area contributed by atoms with E-state index >= 15 is 0 Å². The fourth-order valence-corrected chi connectivity index (χ4v) is 2.45. The Kier molecular flexibility index (Phi) is 8.71. The van der Waals surface area contributed by atoms with E-state index in [0.29, 0.717) is 0 Å². The molecule has 1 aromatic carbocycles. The van der Waals surface area contributed by atoms with E-state index in [1.807, 2.05) is 18.2 Å². The number of hydrogen-bond acceptors (Lipinski definition) is 7. The van der Waals surface area contributed by atoms with Crippen molar-refractivity contribution in [2.75, 3.05) is 12.9 Å². The van der Waals surface area contributed by atoms with Crippen molar-refractivity contribution in [1.29, 1.82) is 0 Å². The van der Waals surface area contributed by atoms with Crippen LogP contribution in [0.2, 0.25) is 0 Å². The van der Waals surface area contributed by atoms with Crippen LogP contribution >= 0.6 is 0 Å². The van der Waals surface area contributed by atoms with Crippen LogP contribution in [-0.4, -0.2) is 45.0 Å². The molecule has 0 aromatic heterocycles. The van der Waals surface area contributed by atoms with Gasteiger partial charge in [0.1, 0.15) is 18.2 Å². The average molecular weight is 401 g/mol. The number of nitrogens with one attached hydrogen (secondary N) is 1. The zero-order chi connectivity index (χ0) is 20.5. The number of hydrogen-bond donors (Lipinski definition) is 1. The van der Waals surface area contributed by atoms with Crippen LogP contribution in [0, 0.1) is 0 Å². The van der Waals surface area contributed by atoms with Crippen LogP contribution in [0.3, 0.4) is 0 Å². The van der Waals surface area contributed by atoms with Crippen LogP contribution in [0.4, 0.5) is 4.79 Å². The van der Waals surface area contributed by atoms with Crippen molar-refractivity contribution in [2.45, 2.75) is 51.9 Å². The molecule has 1 unspecified atom stereocenters. The van der Waals surface area contributed by atoms with Crippen molar-refractivity contribution in [3.8, 4) is 0 Å². The highest BCUT2D eigenvalue weighted by molar-refractivity contribution is 7.85. The molecule has 8 nitrogen and oxygen atoms in total. The molecule has 0 heterocycles. The lowest BCUT2D eigenvalue weighted by atomic mass is 10.1. The van der Waals surface area contributed by atoms with Crippen molar-refractivity contribution in [3.63, 3.8) is 0 Å². The van der Waals surface area contributed by atoms with Crippen LogP contribution in [0.1, 0.15) is 39.2 Å². The zero-order valence-electron chi connectivity index (χ0n) is 16.1. The number of amides is 1. The van der Waals surface area contributed by atoms with E-state index in [1.165, 1.54) is 0 Å². The van der Waals surface area contributed by atoms with Crippen LogP contribution < -0.4 is 5.32 Å². The summed E-state index contributed by atoms with van der Waals surface area (Å²) in [5.41, 5.74) is 0.0804. The predicted molar refractivity (Wildman–Crippen MR) is 99.4 cm³/mol. The molecule has 0 saturated carbocycles. The SMILES string of the molecule is CC(C)(C)OC(=O)C(CCCOS(C)(=O)=O)NC(=O)OCc1ccccc1. The van der Waals surface area contributed by atoms with Crippen LogP contribution in [0.5, 0.6) is 0 Å². The minimum atomic E-state index is -3.56. The third-order valence-corrected chi connectivity index (χ3v) is 3.73. The zero-order valence-corrected chi connectivity index (χ0v) is 16.9. The maximum atomic E-state index is 12.3. The van der Waals surface area contributed by atoms with E-state index in [2.05, 4.69) is 9.50 Å². The number of ether oxygens (including phenoxy) is 2. The van der Waals surface area contributed by atoms with E-state index < -0.39 is 33.8 Å². The van der Waals surface area contributed by atoms with Gasteiger partial charge in [-0.3, -0.25) is 4.18 Å². The highest BCUT2D eigenvalue weighted by Crippen LogP contribution is 2.11. The van der Waals surface area contributed by atoms with Gasteiger partial charge in [0, 0.05) is 0 Å². The molecule has 0 aliphatic heterocycles. The van der Waals surface area contributed by atoms with E-state index in [9.17, 15) is 18.0 Å². The molecule has 0 fully saturated rings. The van der Waals surface area contributed by atoms with Gasteiger partial charge in [-0.05, 0) is 39.2 Å². The van der Waals surface area contributed by atoms with Gasteiger partial charge < -0.3 is 14.8 Å². The van der Waals surface area contributed by atoms with E-state index in [0.717, 1.165) is 11.8 Å². The first-order valence-electron chi connectivity index (χ1n) is 8.51. The minimum absolute atomic E-state index is 0.0604. The Hall–Kier alpha value is -2.13. The van der Waals surface area contributed by atoms with E-state index in [-0.39, 0.29) is 26.1 Å². The van der Waals surface area contributed by atoms with Crippen molar-refractivity contribution in [2.24, 2.45) is 0 Å². The Labute approximate surface area is 160 Å². The highest BCUT2D eigenvalue weighted by atomic mass is 32.2. The van der Waals surface area contributed by atoms with Gasteiger partial charge in [0.15, 0.2) is 0 Å². The lowest BCUT2D eigenvalue weighted by molar-refractivity contribution is -0.157. The number of esters is 1. The summed E-state index contributed by atoms with van der Waals surface area (Å²) in [5.74, 6) is -0.626. The molecule has 0 saturated heterocycles.